The summed E-state index contributed by atoms with van der Waals surface area (Å²) in [5.41, 5.74) is -0.992. The summed E-state index contributed by atoms with van der Waals surface area (Å²) in [6.07, 6.45) is 7.69. The minimum absolute atomic E-state index is 0.0462. The molecule has 0 radical (unpaired) electrons. The monoisotopic (exact) mass is 376 g/mol. The van der Waals surface area contributed by atoms with Crippen LogP contribution in [0.4, 0.5) is 0 Å². The molecule has 2 N–H and O–H groups in total. The second kappa shape index (κ2) is 11.1. The number of para-hydroxylation sites is 1. The molecular weight excluding hydrogens is 344 g/mol. The molecule has 2 rings (SSSR count). The van der Waals surface area contributed by atoms with Gasteiger partial charge in [-0.3, -0.25) is 4.79 Å². The molecule has 1 aromatic carbocycles. The first-order chi connectivity index (χ1) is 13.0. The maximum Gasteiger partial charge on any atom is 0.308 e. The lowest BCUT2D eigenvalue weighted by Gasteiger charge is -2.35. The Kier molecular flexibility index (Phi) is 8.82. The van der Waals surface area contributed by atoms with Gasteiger partial charge < -0.3 is 19.7 Å². The van der Waals surface area contributed by atoms with Gasteiger partial charge in [0.1, 0.15) is 5.75 Å². The number of ether oxygens (including phenoxy) is 2. The topological polar surface area (TPSA) is 76.0 Å². The third kappa shape index (κ3) is 8.14. The molecule has 0 aromatic heterocycles. The molecule has 1 aromatic rings. The third-order valence-electron chi connectivity index (χ3n) is 4.90. The zero-order valence-corrected chi connectivity index (χ0v) is 16.2. The van der Waals surface area contributed by atoms with Crippen molar-refractivity contribution in [3.05, 3.63) is 42.5 Å². The predicted octanol–water partition coefficient (Wildman–Crippen LogP) is 3.64. The largest absolute Gasteiger partial charge is 0.494 e. The van der Waals surface area contributed by atoms with Crippen LogP contribution >= 0.6 is 0 Å². The van der Waals surface area contributed by atoms with Crippen LogP contribution in [0.25, 0.3) is 0 Å². The molecule has 1 aliphatic rings. The molecule has 0 bridgehead atoms. The van der Waals surface area contributed by atoms with Crippen LogP contribution in [0.3, 0.4) is 0 Å². The number of allylic oxidation sites excluding steroid dienone is 1. The van der Waals surface area contributed by atoms with Crippen molar-refractivity contribution in [2.75, 3.05) is 13.2 Å². The highest BCUT2D eigenvalue weighted by atomic mass is 16.5. The highest BCUT2D eigenvalue weighted by Crippen LogP contribution is 2.35. The zero-order chi connectivity index (χ0) is 19.5. The fourth-order valence-electron chi connectivity index (χ4n) is 3.57. The van der Waals surface area contributed by atoms with Crippen molar-refractivity contribution in [3.8, 4) is 5.75 Å². The van der Waals surface area contributed by atoms with Crippen molar-refractivity contribution in [2.24, 2.45) is 5.92 Å². The van der Waals surface area contributed by atoms with Gasteiger partial charge in [-0.15, -0.1) is 0 Å². The van der Waals surface area contributed by atoms with Gasteiger partial charge in [0.15, 0.2) is 0 Å². The molecule has 150 valence electrons. The average molecular weight is 376 g/mol. The smallest absolute Gasteiger partial charge is 0.308 e. The van der Waals surface area contributed by atoms with Crippen molar-refractivity contribution >= 4 is 5.97 Å². The van der Waals surface area contributed by atoms with E-state index in [1.54, 1.807) is 6.92 Å². The van der Waals surface area contributed by atoms with Gasteiger partial charge in [-0.2, -0.15) is 0 Å². The highest BCUT2D eigenvalue weighted by Gasteiger charge is 2.35. The molecule has 0 spiro atoms. The van der Waals surface area contributed by atoms with Crippen molar-refractivity contribution in [1.29, 1.82) is 0 Å². The molecule has 1 aliphatic carbocycles. The van der Waals surface area contributed by atoms with Crippen molar-refractivity contribution in [1.82, 2.24) is 0 Å². The van der Waals surface area contributed by atoms with Crippen LogP contribution in [0.5, 0.6) is 5.75 Å². The molecule has 0 heterocycles. The Morgan fingerprint density at radius 1 is 1.37 bits per heavy atom. The Morgan fingerprint density at radius 3 is 2.89 bits per heavy atom. The van der Waals surface area contributed by atoms with E-state index in [1.807, 2.05) is 42.5 Å². The summed E-state index contributed by atoms with van der Waals surface area (Å²) < 4.78 is 10.6. The van der Waals surface area contributed by atoms with Crippen molar-refractivity contribution in [2.45, 2.75) is 63.6 Å². The second-order valence-electron chi connectivity index (χ2n) is 7.32. The first-order valence-electron chi connectivity index (χ1n) is 9.93. The van der Waals surface area contributed by atoms with E-state index in [4.69, 9.17) is 9.47 Å². The Bertz CT molecular complexity index is 586. The molecule has 3 atom stereocenters. The van der Waals surface area contributed by atoms with Gasteiger partial charge in [0.2, 0.25) is 0 Å². The van der Waals surface area contributed by atoms with E-state index in [2.05, 4.69) is 0 Å². The zero-order valence-electron chi connectivity index (χ0n) is 16.2. The Morgan fingerprint density at radius 2 is 2.15 bits per heavy atom. The van der Waals surface area contributed by atoms with Gasteiger partial charge in [0.05, 0.1) is 31.3 Å². The van der Waals surface area contributed by atoms with Crippen LogP contribution < -0.4 is 4.74 Å². The quantitative estimate of drug-likeness (QED) is 0.370. The fourth-order valence-corrected chi connectivity index (χ4v) is 3.57. The van der Waals surface area contributed by atoms with E-state index in [0.717, 1.165) is 25.0 Å². The molecule has 5 heteroatoms. The number of hydrogen-bond donors (Lipinski definition) is 2. The predicted molar refractivity (Wildman–Crippen MR) is 104 cm³/mol. The first-order valence-corrected chi connectivity index (χ1v) is 9.93. The van der Waals surface area contributed by atoms with Crippen LogP contribution in [0.2, 0.25) is 0 Å². The number of carbonyl (C=O) groups is 1. The molecule has 0 saturated heterocycles. The molecule has 1 fully saturated rings. The molecule has 1 saturated carbocycles. The van der Waals surface area contributed by atoms with Gasteiger partial charge in [0.25, 0.3) is 0 Å². The maximum atomic E-state index is 11.7. The summed E-state index contributed by atoms with van der Waals surface area (Å²) >= 11 is 0. The Labute approximate surface area is 162 Å². The lowest BCUT2D eigenvalue weighted by Crippen LogP contribution is -2.37. The fraction of sp³-hybridized carbons (Fsp3) is 0.591. The summed E-state index contributed by atoms with van der Waals surface area (Å²) in [4.78, 5) is 11.7. The summed E-state index contributed by atoms with van der Waals surface area (Å²) in [6, 6.07) is 9.63. The van der Waals surface area contributed by atoms with Crippen LogP contribution in [-0.4, -0.2) is 41.1 Å². The van der Waals surface area contributed by atoms with Crippen LogP contribution in [0.1, 0.15) is 51.9 Å². The van der Waals surface area contributed by atoms with Crippen LogP contribution in [-0.2, 0) is 9.53 Å². The van der Waals surface area contributed by atoms with Crippen molar-refractivity contribution < 1.29 is 24.5 Å². The molecule has 0 amide bonds. The van der Waals surface area contributed by atoms with Crippen LogP contribution in [0, 0.1) is 5.92 Å². The average Bonchev–Trinajstić information content (AvgIpc) is 2.64. The van der Waals surface area contributed by atoms with Gasteiger partial charge in [-0.1, -0.05) is 30.4 Å². The van der Waals surface area contributed by atoms with E-state index in [1.165, 1.54) is 0 Å². The Hall–Kier alpha value is -1.85. The van der Waals surface area contributed by atoms with Gasteiger partial charge in [-0.25, -0.2) is 0 Å². The lowest BCUT2D eigenvalue weighted by molar-refractivity contribution is -0.150. The first kappa shape index (κ1) is 21.5. The molecule has 0 aliphatic heterocycles. The molecule has 5 nitrogen and oxygen atoms in total. The number of esters is 1. The summed E-state index contributed by atoms with van der Waals surface area (Å²) in [5, 5.41) is 20.8. The van der Waals surface area contributed by atoms with E-state index in [0.29, 0.717) is 32.5 Å². The number of aliphatic hydroxyl groups is 2. The minimum atomic E-state index is -0.992. The van der Waals surface area contributed by atoms with Gasteiger partial charge >= 0.3 is 5.97 Å². The van der Waals surface area contributed by atoms with Crippen LogP contribution in [0.15, 0.2) is 42.5 Å². The van der Waals surface area contributed by atoms with E-state index < -0.39 is 11.7 Å². The van der Waals surface area contributed by atoms with Crippen molar-refractivity contribution in [3.63, 3.8) is 0 Å². The number of benzene rings is 1. The van der Waals surface area contributed by atoms with Gasteiger partial charge in [0, 0.05) is 0 Å². The second-order valence-corrected chi connectivity index (χ2v) is 7.32. The Balaban J connectivity index is 1.69. The highest BCUT2D eigenvalue weighted by molar-refractivity contribution is 5.70. The molecule has 3 unspecified atom stereocenters. The normalized spacial score (nSPS) is 23.9. The summed E-state index contributed by atoms with van der Waals surface area (Å²) in [5.74, 6) is 0.669. The molecule has 27 heavy (non-hydrogen) atoms. The standard InChI is InChI=1S/C22H32O5/c1-2-26-21(24)17-22(25)14-6-8-18(16-22)12-13-19(23)9-7-15-27-20-10-4-3-5-11-20/h3-5,10-13,18-19,23,25H,2,6-9,14-17H2,1H3. The minimum Gasteiger partial charge on any atom is -0.494 e. The SMILES string of the molecule is CCOC(=O)CC1(O)CCCC(C=CC(O)CCCOc2ccccc2)C1. The maximum absolute atomic E-state index is 11.7. The lowest BCUT2D eigenvalue weighted by atomic mass is 9.76. The number of hydrogen-bond acceptors (Lipinski definition) is 5. The van der Waals surface area contributed by atoms with E-state index in [9.17, 15) is 15.0 Å². The summed E-state index contributed by atoms with van der Waals surface area (Å²) in [6.45, 7) is 2.66. The third-order valence-corrected chi connectivity index (χ3v) is 4.90. The van der Waals surface area contributed by atoms with E-state index >= 15 is 0 Å². The number of carbonyl (C=O) groups excluding carboxylic acids is 1. The number of rotatable bonds is 10. The number of aliphatic hydroxyl groups excluding tert-OH is 1. The van der Waals surface area contributed by atoms with E-state index in [-0.39, 0.29) is 18.3 Å². The van der Waals surface area contributed by atoms with Gasteiger partial charge in [-0.05, 0) is 63.5 Å². The summed E-state index contributed by atoms with van der Waals surface area (Å²) in [7, 11) is 0. The molecular formula is C22H32O5.